The van der Waals surface area contributed by atoms with Crippen LogP contribution in [0.25, 0.3) is 0 Å². The number of hydrogen-bond donors (Lipinski definition) is 2. The van der Waals surface area contributed by atoms with Gasteiger partial charge in [-0.1, -0.05) is 83.8 Å². The summed E-state index contributed by atoms with van der Waals surface area (Å²) in [5, 5.41) is 12.4. The Labute approximate surface area is 276 Å². The van der Waals surface area contributed by atoms with E-state index in [-0.39, 0.29) is 70.5 Å². The van der Waals surface area contributed by atoms with E-state index in [9.17, 15) is 5.11 Å². The molecule has 1 aliphatic rings. The van der Waals surface area contributed by atoms with E-state index in [2.05, 4.69) is 34.6 Å². The van der Waals surface area contributed by atoms with Gasteiger partial charge in [0.2, 0.25) is 0 Å². The Hall–Kier alpha value is 0.930. The summed E-state index contributed by atoms with van der Waals surface area (Å²) in [6, 6.07) is 0. The summed E-state index contributed by atoms with van der Waals surface area (Å²) in [5.41, 5.74) is 3.86. The molecule has 0 fully saturated rings. The molecule has 0 bridgehead atoms. The number of benzene rings is 1. The molecule has 0 aliphatic carbocycles. The molecule has 3 atom stereocenters. The maximum atomic E-state index is 12.4. The van der Waals surface area contributed by atoms with E-state index in [1.54, 1.807) is 0 Å². The third kappa shape index (κ3) is 15.8. The smallest absolute Gasteiger partial charge is 0.872 e. The molecule has 210 valence electrons. The Morgan fingerprint density at radius 3 is 1.79 bits per heavy atom. The Bertz CT molecular complexity index is 865. The van der Waals surface area contributed by atoms with Crippen LogP contribution >= 0.6 is 7.82 Å². The van der Waals surface area contributed by atoms with E-state index in [0.29, 0.717) is 0 Å². The SMILES string of the molecule is Cc1c(C)c2c(c(C)c1[O-])CC[C@@](C)(CCC[C@H](C)CCC[C@H](C)CCCC(C)C)O2.O=P([O-])(O)O.[Na+].[Na+]. The van der Waals surface area contributed by atoms with Crippen LogP contribution in [0.5, 0.6) is 11.5 Å². The van der Waals surface area contributed by atoms with Crippen molar-refractivity contribution in [3.63, 3.8) is 0 Å². The van der Waals surface area contributed by atoms with Gasteiger partial charge in [-0.3, -0.25) is 4.57 Å². The number of hydrogen-bond acceptors (Lipinski definition) is 4. The van der Waals surface area contributed by atoms with Crippen LogP contribution < -0.4 is 73.9 Å². The Morgan fingerprint density at radius 1 is 0.868 bits per heavy atom. The minimum atomic E-state index is -4.89. The standard InChI is InChI=1S/C29H50O2.2Na.H3O4P/c1-20(2)12-9-13-21(3)14-10-15-22(4)16-11-18-29(8)19-17-26-25(7)27(30)23(5)24(6)28(26)31-29;;;1-5(2,3)4/h20-22,30H,9-19H2,1-8H3;;;(H3,1,2,3,4)/q;2*+1;/p-2/t21-,22-,29-;;;/m1.../s1. The van der Waals surface area contributed by atoms with Gasteiger partial charge in [0.05, 0.1) is 0 Å². The summed E-state index contributed by atoms with van der Waals surface area (Å²) in [6.45, 7) is 17.7. The van der Waals surface area contributed by atoms with Crippen molar-refractivity contribution < 1.29 is 88.2 Å². The van der Waals surface area contributed by atoms with Gasteiger partial charge in [0.15, 0.2) is 0 Å². The molecule has 9 heteroatoms. The average Bonchev–Trinajstić information content (AvgIpc) is 2.74. The average molecular weight is 573 g/mol. The van der Waals surface area contributed by atoms with Crippen LogP contribution in [0.2, 0.25) is 0 Å². The Kier molecular flexibility index (Phi) is 20.7. The van der Waals surface area contributed by atoms with Crippen LogP contribution in [0, 0.1) is 38.5 Å². The second kappa shape index (κ2) is 19.2. The van der Waals surface area contributed by atoms with Gasteiger partial charge in [-0.2, -0.15) is 0 Å². The molecular weight excluding hydrogens is 521 g/mol. The Morgan fingerprint density at radius 2 is 1.32 bits per heavy atom. The monoisotopic (exact) mass is 572 g/mol. The molecule has 0 saturated heterocycles. The largest absolute Gasteiger partial charge is 1.00 e. The zero-order valence-corrected chi connectivity index (χ0v) is 30.9. The van der Waals surface area contributed by atoms with Gasteiger partial charge in [0, 0.05) is 0 Å². The quantitative estimate of drug-likeness (QED) is 0.281. The maximum Gasteiger partial charge on any atom is 1.00 e. The predicted molar refractivity (Wildman–Crippen MR) is 144 cm³/mol. The van der Waals surface area contributed by atoms with Crippen molar-refractivity contribution in [1.29, 1.82) is 0 Å². The van der Waals surface area contributed by atoms with Gasteiger partial charge in [0.25, 0.3) is 7.82 Å². The normalized spacial score (nSPS) is 18.2. The van der Waals surface area contributed by atoms with E-state index < -0.39 is 7.82 Å². The summed E-state index contributed by atoms with van der Waals surface area (Å²) in [7, 11) is -4.89. The Balaban J connectivity index is 0. The minimum Gasteiger partial charge on any atom is -0.872 e. The summed E-state index contributed by atoms with van der Waals surface area (Å²) in [5.74, 6) is 3.73. The molecular formula is C29H51Na2O6P. The van der Waals surface area contributed by atoms with Crippen LogP contribution in [-0.2, 0) is 11.0 Å². The minimum absolute atomic E-state index is 0. The van der Waals surface area contributed by atoms with Crippen LogP contribution in [-0.4, -0.2) is 15.4 Å². The van der Waals surface area contributed by atoms with E-state index in [4.69, 9.17) is 24.0 Å². The molecule has 0 saturated carbocycles. The fourth-order valence-corrected chi connectivity index (χ4v) is 5.26. The van der Waals surface area contributed by atoms with E-state index >= 15 is 0 Å². The van der Waals surface area contributed by atoms with Crippen LogP contribution in [0.1, 0.15) is 121 Å². The molecule has 1 heterocycles. The molecule has 0 aromatic heterocycles. The first-order valence-corrected chi connectivity index (χ1v) is 15.3. The predicted octanol–water partition coefficient (Wildman–Crippen LogP) is 0.656. The molecule has 6 nitrogen and oxygen atoms in total. The van der Waals surface area contributed by atoms with Gasteiger partial charge >= 0.3 is 59.1 Å². The number of fused-ring (bicyclic) bond motifs is 1. The molecule has 1 aromatic carbocycles. The summed E-state index contributed by atoms with van der Waals surface area (Å²) < 4.78 is 15.3. The fourth-order valence-electron chi connectivity index (χ4n) is 5.26. The van der Waals surface area contributed by atoms with Crippen molar-refractivity contribution in [3.05, 3.63) is 22.3 Å². The first-order chi connectivity index (χ1) is 16.5. The van der Waals surface area contributed by atoms with Crippen LogP contribution in [0.3, 0.4) is 0 Å². The first kappa shape index (κ1) is 41.1. The van der Waals surface area contributed by atoms with Crippen molar-refractivity contribution in [2.45, 2.75) is 132 Å². The molecule has 1 aromatic rings. The van der Waals surface area contributed by atoms with Gasteiger partial charge in [-0.25, -0.2) is 0 Å². The number of rotatable bonds is 12. The zero-order valence-electron chi connectivity index (χ0n) is 26.0. The molecule has 0 spiro atoms. The topological polar surface area (TPSA) is 113 Å². The van der Waals surface area contributed by atoms with E-state index in [1.165, 1.54) is 51.4 Å². The van der Waals surface area contributed by atoms with E-state index in [0.717, 1.165) is 65.0 Å². The number of ether oxygens (including phenoxy) is 1. The van der Waals surface area contributed by atoms with Gasteiger partial charge in [-0.05, 0) is 82.3 Å². The van der Waals surface area contributed by atoms with Gasteiger partial charge in [0.1, 0.15) is 11.4 Å². The molecule has 0 amide bonds. The van der Waals surface area contributed by atoms with Crippen LogP contribution in [0.15, 0.2) is 0 Å². The first-order valence-electron chi connectivity index (χ1n) is 13.8. The summed E-state index contributed by atoms with van der Waals surface area (Å²) >= 11 is 0. The zero-order chi connectivity index (χ0) is 27.7. The van der Waals surface area contributed by atoms with Crippen LogP contribution in [0.4, 0.5) is 0 Å². The molecule has 2 N–H and O–H groups in total. The van der Waals surface area contributed by atoms with Crippen molar-refractivity contribution in [1.82, 2.24) is 0 Å². The van der Waals surface area contributed by atoms with Crippen molar-refractivity contribution in [3.8, 4) is 11.5 Å². The maximum absolute atomic E-state index is 12.4. The van der Waals surface area contributed by atoms with Crippen molar-refractivity contribution in [2.75, 3.05) is 0 Å². The van der Waals surface area contributed by atoms with E-state index in [1.807, 2.05) is 20.8 Å². The molecule has 1 aliphatic heterocycles. The van der Waals surface area contributed by atoms with Gasteiger partial charge in [-0.15, -0.1) is 5.75 Å². The van der Waals surface area contributed by atoms with Gasteiger partial charge < -0.3 is 24.5 Å². The fraction of sp³-hybridized carbons (Fsp3) is 0.793. The summed E-state index contributed by atoms with van der Waals surface area (Å²) in [4.78, 5) is 22.9. The second-order valence-electron chi connectivity index (χ2n) is 11.9. The second-order valence-corrected chi connectivity index (χ2v) is 12.9. The molecule has 0 radical (unpaired) electrons. The summed E-state index contributed by atoms with van der Waals surface area (Å²) in [6.07, 6.45) is 13.9. The molecule has 0 unspecified atom stereocenters. The number of phosphoric acid groups is 1. The van der Waals surface area contributed by atoms with Crippen molar-refractivity contribution in [2.24, 2.45) is 17.8 Å². The van der Waals surface area contributed by atoms with Crippen molar-refractivity contribution >= 4 is 7.82 Å². The molecule has 38 heavy (non-hydrogen) atoms. The molecule has 2 rings (SSSR count). The third-order valence-electron chi connectivity index (χ3n) is 7.84. The third-order valence-corrected chi connectivity index (χ3v) is 7.84.